The highest BCUT2D eigenvalue weighted by Gasteiger charge is 2.18. The topological polar surface area (TPSA) is 28.4 Å². The van der Waals surface area contributed by atoms with Gasteiger partial charge in [-0.2, -0.15) is 0 Å². The lowest BCUT2D eigenvalue weighted by Gasteiger charge is -2.30. The largest absolute Gasteiger partial charge is 0.468 e. The molecule has 1 aliphatic heterocycles. The van der Waals surface area contributed by atoms with Gasteiger partial charge in [0.15, 0.2) is 0 Å². The maximum Gasteiger partial charge on any atom is 0.122 e. The second-order valence-electron chi connectivity index (χ2n) is 4.88. The number of hydrogen-bond donors (Lipinski definition) is 1. The summed E-state index contributed by atoms with van der Waals surface area (Å²) in [7, 11) is 1.97. The van der Waals surface area contributed by atoms with E-state index in [1.54, 1.807) is 6.26 Å². The van der Waals surface area contributed by atoms with E-state index in [1.165, 1.54) is 31.5 Å². The molecule has 0 saturated carbocycles. The molecular weight excluding hydrogens is 200 g/mol. The van der Waals surface area contributed by atoms with Crippen LogP contribution in [-0.2, 0) is 13.1 Å². The molecule has 0 bridgehead atoms. The van der Waals surface area contributed by atoms with Crippen molar-refractivity contribution in [3.63, 3.8) is 0 Å². The molecule has 1 unspecified atom stereocenters. The van der Waals surface area contributed by atoms with Crippen LogP contribution in [-0.4, -0.2) is 25.0 Å². The Morgan fingerprint density at radius 3 is 3.19 bits per heavy atom. The Kier molecular flexibility index (Phi) is 4.02. The molecule has 1 atom stereocenters. The van der Waals surface area contributed by atoms with Gasteiger partial charge in [0.1, 0.15) is 5.76 Å². The lowest BCUT2D eigenvalue weighted by atomic mass is 10.00. The van der Waals surface area contributed by atoms with Crippen molar-refractivity contribution in [3.05, 3.63) is 23.7 Å². The molecule has 1 aliphatic rings. The van der Waals surface area contributed by atoms with Crippen LogP contribution in [0.3, 0.4) is 0 Å². The third-order valence-electron chi connectivity index (χ3n) is 3.31. The van der Waals surface area contributed by atoms with Crippen molar-refractivity contribution in [1.82, 2.24) is 10.2 Å². The fourth-order valence-electron chi connectivity index (χ4n) is 2.49. The van der Waals surface area contributed by atoms with E-state index in [1.807, 2.05) is 7.05 Å². The van der Waals surface area contributed by atoms with Gasteiger partial charge in [0.05, 0.1) is 12.8 Å². The van der Waals surface area contributed by atoms with Gasteiger partial charge < -0.3 is 9.73 Å². The predicted molar refractivity (Wildman–Crippen MR) is 65.1 cm³/mol. The van der Waals surface area contributed by atoms with Crippen molar-refractivity contribution in [2.24, 2.45) is 5.92 Å². The van der Waals surface area contributed by atoms with Crippen molar-refractivity contribution in [2.75, 3.05) is 20.1 Å². The van der Waals surface area contributed by atoms with Crippen LogP contribution < -0.4 is 5.32 Å². The van der Waals surface area contributed by atoms with Crippen molar-refractivity contribution in [1.29, 1.82) is 0 Å². The Bertz CT molecular complexity index is 321. The number of nitrogens with one attached hydrogen (secondary N) is 1. The summed E-state index contributed by atoms with van der Waals surface area (Å²) in [5.74, 6) is 1.96. The standard InChI is InChI=1S/C13H22N2O/c1-11-4-3-6-15(9-11)10-13-12(8-14-2)5-7-16-13/h5,7,11,14H,3-4,6,8-10H2,1-2H3. The molecule has 0 aliphatic carbocycles. The summed E-state index contributed by atoms with van der Waals surface area (Å²) in [6.45, 7) is 6.62. The molecule has 1 aromatic heterocycles. The minimum absolute atomic E-state index is 0.830. The second-order valence-corrected chi connectivity index (χ2v) is 4.88. The van der Waals surface area contributed by atoms with Gasteiger partial charge in [-0.15, -0.1) is 0 Å². The third kappa shape index (κ3) is 2.86. The normalized spacial score (nSPS) is 22.5. The van der Waals surface area contributed by atoms with Gasteiger partial charge in [0.2, 0.25) is 0 Å². The fourth-order valence-corrected chi connectivity index (χ4v) is 2.49. The van der Waals surface area contributed by atoms with Gasteiger partial charge >= 0.3 is 0 Å². The van der Waals surface area contributed by atoms with Crippen molar-refractivity contribution < 1.29 is 4.42 Å². The summed E-state index contributed by atoms with van der Waals surface area (Å²) in [4.78, 5) is 2.51. The van der Waals surface area contributed by atoms with Crippen LogP contribution in [0.15, 0.2) is 16.7 Å². The highest BCUT2D eigenvalue weighted by molar-refractivity contribution is 5.16. The first-order chi connectivity index (χ1) is 7.79. The van der Waals surface area contributed by atoms with Gasteiger partial charge in [0, 0.05) is 18.7 Å². The third-order valence-corrected chi connectivity index (χ3v) is 3.31. The SMILES string of the molecule is CNCc1ccoc1CN1CCCC(C)C1. The summed E-state index contributed by atoms with van der Waals surface area (Å²) in [6.07, 6.45) is 4.50. The quantitative estimate of drug-likeness (QED) is 0.847. The predicted octanol–water partition coefficient (Wildman–Crippen LogP) is 2.23. The molecule has 90 valence electrons. The maximum atomic E-state index is 5.57. The number of likely N-dealkylation sites (tertiary alicyclic amines) is 1. The lowest BCUT2D eigenvalue weighted by molar-refractivity contribution is 0.164. The van der Waals surface area contributed by atoms with E-state index in [-0.39, 0.29) is 0 Å². The van der Waals surface area contributed by atoms with Crippen molar-refractivity contribution in [3.8, 4) is 0 Å². The van der Waals surface area contributed by atoms with E-state index >= 15 is 0 Å². The molecule has 2 heterocycles. The average Bonchev–Trinajstić information content (AvgIpc) is 2.66. The van der Waals surface area contributed by atoms with E-state index in [4.69, 9.17) is 4.42 Å². The molecule has 3 nitrogen and oxygen atoms in total. The number of furan rings is 1. The van der Waals surface area contributed by atoms with Gasteiger partial charge in [-0.25, -0.2) is 0 Å². The van der Waals surface area contributed by atoms with E-state index in [9.17, 15) is 0 Å². The Morgan fingerprint density at radius 2 is 2.44 bits per heavy atom. The van der Waals surface area contributed by atoms with Crippen molar-refractivity contribution >= 4 is 0 Å². The van der Waals surface area contributed by atoms with Crippen LogP contribution in [0.5, 0.6) is 0 Å². The summed E-state index contributed by atoms with van der Waals surface area (Å²) < 4.78 is 5.57. The molecule has 1 saturated heterocycles. The van der Waals surface area contributed by atoms with Gasteiger partial charge in [0.25, 0.3) is 0 Å². The Morgan fingerprint density at radius 1 is 1.56 bits per heavy atom. The zero-order valence-corrected chi connectivity index (χ0v) is 10.3. The first-order valence-corrected chi connectivity index (χ1v) is 6.22. The lowest BCUT2D eigenvalue weighted by Crippen LogP contribution is -2.33. The number of piperidine rings is 1. The zero-order chi connectivity index (χ0) is 11.4. The van der Waals surface area contributed by atoms with E-state index in [2.05, 4.69) is 23.2 Å². The summed E-state index contributed by atoms with van der Waals surface area (Å²) >= 11 is 0. The maximum absolute atomic E-state index is 5.57. The molecule has 3 heteroatoms. The summed E-state index contributed by atoms with van der Waals surface area (Å²) in [6, 6.07) is 2.07. The van der Waals surface area contributed by atoms with Crippen LogP contribution >= 0.6 is 0 Å². The van der Waals surface area contributed by atoms with Gasteiger partial charge in [-0.05, 0) is 38.4 Å². The molecule has 0 radical (unpaired) electrons. The molecule has 1 N–H and O–H groups in total. The van der Waals surface area contributed by atoms with Crippen molar-refractivity contribution in [2.45, 2.75) is 32.9 Å². The molecule has 1 fully saturated rings. The van der Waals surface area contributed by atoms with E-state index < -0.39 is 0 Å². The van der Waals surface area contributed by atoms with Crippen LogP contribution in [0.4, 0.5) is 0 Å². The van der Waals surface area contributed by atoms with Crippen LogP contribution in [0.1, 0.15) is 31.1 Å². The minimum atomic E-state index is 0.830. The monoisotopic (exact) mass is 222 g/mol. The van der Waals surface area contributed by atoms with Crippen LogP contribution in [0, 0.1) is 5.92 Å². The second kappa shape index (κ2) is 5.51. The molecule has 0 aromatic carbocycles. The molecule has 16 heavy (non-hydrogen) atoms. The average molecular weight is 222 g/mol. The van der Waals surface area contributed by atoms with E-state index in [0.717, 1.165) is 24.8 Å². The van der Waals surface area contributed by atoms with Crippen LogP contribution in [0.2, 0.25) is 0 Å². The van der Waals surface area contributed by atoms with Gasteiger partial charge in [-0.1, -0.05) is 6.92 Å². The Balaban J connectivity index is 1.94. The first kappa shape index (κ1) is 11.7. The van der Waals surface area contributed by atoms with Crippen LogP contribution in [0.25, 0.3) is 0 Å². The summed E-state index contributed by atoms with van der Waals surface area (Å²) in [5.41, 5.74) is 1.29. The van der Waals surface area contributed by atoms with E-state index in [0.29, 0.717) is 0 Å². The highest BCUT2D eigenvalue weighted by Crippen LogP contribution is 2.19. The molecule has 0 spiro atoms. The molecule has 1 aromatic rings. The van der Waals surface area contributed by atoms with Gasteiger partial charge in [-0.3, -0.25) is 4.90 Å². The first-order valence-electron chi connectivity index (χ1n) is 6.22. The number of hydrogen-bond acceptors (Lipinski definition) is 3. The molecular formula is C13H22N2O. The molecule has 0 amide bonds. The Hall–Kier alpha value is -0.800. The smallest absolute Gasteiger partial charge is 0.122 e. The highest BCUT2D eigenvalue weighted by atomic mass is 16.3. The number of rotatable bonds is 4. The Labute approximate surface area is 97.8 Å². The zero-order valence-electron chi connectivity index (χ0n) is 10.3. The molecule has 2 rings (SSSR count). The fraction of sp³-hybridized carbons (Fsp3) is 0.692. The number of nitrogens with zero attached hydrogens (tertiary/aromatic N) is 1. The minimum Gasteiger partial charge on any atom is -0.468 e. The summed E-state index contributed by atoms with van der Waals surface area (Å²) in [5, 5.41) is 3.18.